The van der Waals surface area contributed by atoms with Crippen LogP contribution in [0, 0.1) is 0 Å². The van der Waals surface area contributed by atoms with E-state index in [0.29, 0.717) is 0 Å². The first-order valence-corrected chi connectivity index (χ1v) is 8.23. The van der Waals surface area contributed by atoms with E-state index < -0.39 is 58.3 Å². The maximum atomic E-state index is 12.7. The van der Waals surface area contributed by atoms with E-state index in [2.05, 4.69) is 4.18 Å². The molecule has 5 atom stereocenters. The molecule has 9 nitrogen and oxygen atoms in total. The molecule has 0 unspecified atom stereocenters. The molecule has 146 valence electrons. The summed E-state index contributed by atoms with van der Waals surface area (Å²) in [5, 5.41) is 0. The maximum absolute atomic E-state index is 12.7. The molecule has 1 aliphatic heterocycles. The summed E-state index contributed by atoms with van der Waals surface area (Å²) in [7, 11) is -4.99. The summed E-state index contributed by atoms with van der Waals surface area (Å²) in [4.78, 5) is 22.4. The average molecular weight is 394 g/mol. The van der Waals surface area contributed by atoms with Crippen LogP contribution < -0.4 is 0 Å². The van der Waals surface area contributed by atoms with E-state index in [1.807, 2.05) is 0 Å². The van der Waals surface area contributed by atoms with Crippen molar-refractivity contribution in [2.75, 3.05) is 7.11 Å². The predicted octanol–water partition coefficient (Wildman–Crippen LogP) is 0.476. The highest BCUT2D eigenvalue weighted by molar-refractivity contribution is 7.87. The van der Waals surface area contributed by atoms with E-state index in [1.165, 1.54) is 6.92 Å². The van der Waals surface area contributed by atoms with Crippen LogP contribution in [-0.4, -0.2) is 63.7 Å². The third-order valence-electron chi connectivity index (χ3n) is 3.08. The van der Waals surface area contributed by atoms with Crippen molar-refractivity contribution in [3.05, 3.63) is 0 Å². The van der Waals surface area contributed by atoms with Gasteiger partial charge < -0.3 is 18.9 Å². The Morgan fingerprint density at radius 3 is 1.88 bits per heavy atom. The van der Waals surface area contributed by atoms with Crippen molar-refractivity contribution in [3.63, 3.8) is 0 Å². The lowest BCUT2D eigenvalue weighted by Crippen LogP contribution is -2.61. The largest absolute Gasteiger partial charge is 0.523 e. The highest BCUT2D eigenvalue weighted by atomic mass is 32.2. The summed E-state index contributed by atoms with van der Waals surface area (Å²) in [6.07, 6.45) is -7.94. The van der Waals surface area contributed by atoms with Gasteiger partial charge in [-0.1, -0.05) is 0 Å². The molecule has 0 aliphatic carbocycles. The van der Waals surface area contributed by atoms with Gasteiger partial charge in [0.15, 0.2) is 24.6 Å². The Morgan fingerprint density at radius 1 is 1.00 bits per heavy atom. The molecule has 1 rings (SSSR count). The molecule has 0 aromatic rings. The highest BCUT2D eigenvalue weighted by Crippen LogP contribution is 2.33. The second-order valence-electron chi connectivity index (χ2n) is 5.05. The number of alkyl halides is 3. The molecule has 0 N–H and O–H groups in total. The number of halogens is 3. The Labute approximate surface area is 141 Å². The lowest BCUT2D eigenvalue weighted by Gasteiger charge is -2.42. The zero-order valence-electron chi connectivity index (χ0n) is 13.6. The zero-order chi connectivity index (χ0) is 19.6. The Hall–Kier alpha value is -1.44. The van der Waals surface area contributed by atoms with Gasteiger partial charge in [-0.05, 0) is 6.92 Å². The minimum Gasteiger partial charge on any atom is -0.457 e. The third-order valence-corrected chi connectivity index (χ3v) is 4.13. The monoisotopic (exact) mass is 394 g/mol. The van der Waals surface area contributed by atoms with E-state index in [4.69, 9.17) is 18.9 Å². The lowest BCUT2D eigenvalue weighted by molar-refractivity contribution is -0.288. The first-order chi connectivity index (χ1) is 11.3. The second-order valence-corrected chi connectivity index (χ2v) is 6.62. The number of ether oxygens (including phenoxy) is 4. The predicted molar refractivity (Wildman–Crippen MR) is 72.3 cm³/mol. The first kappa shape index (κ1) is 21.6. The van der Waals surface area contributed by atoms with Gasteiger partial charge >= 0.3 is 27.6 Å². The fraction of sp³-hybridized carbons (Fsp3) is 0.833. The molecule has 0 amide bonds. The van der Waals surface area contributed by atoms with E-state index in [-0.39, 0.29) is 0 Å². The molecule has 0 aromatic heterocycles. The van der Waals surface area contributed by atoms with Crippen LogP contribution in [0.25, 0.3) is 0 Å². The molecule has 1 saturated heterocycles. The molecule has 0 saturated carbocycles. The average Bonchev–Trinajstić information content (AvgIpc) is 2.43. The minimum absolute atomic E-state index is 0.931. The van der Waals surface area contributed by atoms with Crippen molar-refractivity contribution in [2.45, 2.75) is 57.0 Å². The van der Waals surface area contributed by atoms with Crippen molar-refractivity contribution < 1.29 is 54.3 Å². The van der Waals surface area contributed by atoms with E-state index >= 15 is 0 Å². The zero-order valence-corrected chi connectivity index (χ0v) is 14.4. The maximum Gasteiger partial charge on any atom is 0.523 e. The number of esters is 2. The molecule has 1 aliphatic rings. The topological polar surface area (TPSA) is 114 Å². The van der Waals surface area contributed by atoms with Crippen molar-refractivity contribution in [1.29, 1.82) is 0 Å². The fourth-order valence-electron chi connectivity index (χ4n) is 2.14. The second kappa shape index (κ2) is 7.85. The van der Waals surface area contributed by atoms with E-state index in [9.17, 15) is 31.2 Å². The van der Waals surface area contributed by atoms with Gasteiger partial charge in [-0.2, -0.15) is 21.6 Å². The minimum atomic E-state index is -6.08. The first-order valence-electron chi connectivity index (χ1n) is 6.82. The number of rotatable bonds is 5. The van der Waals surface area contributed by atoms with Crippen LogP contribution in [0.4, 0.5) is 13.2 Å². The van der Waals surface area contributed by atoms with E-state index in [0.717, 1.165) is 21.0 Å². The third kappa shape index (κ3) is 5.26. The number of carbonyl (C=O) groups is 2. The van der Waals surface area contributed by atoms with Crippen LogP contribution >= 0.6 is 0 Å². The van der Waals surface area contributed by atoms with Crippen molar-refractivity contribution in [2.24, 2.45) is 0 Å². The summed E-state index contributed by atoms with van der Waals surface area (Å²) in [5.74, 6) is -1.90. The molecular formula is C12H17F3O9S. The normalized spacial score (nSPS) is 30.6. The molecule has 0 bridgehead atoms. The van der Waals surface area contributed by atoms with Crippen LogP contribution in [0.5, 0.6) is 0 Å². The lowest BCUT2D eigenvalue weighted by atomic mass is 9.99. The number of carbonyl (C=O) groups excluding carboxylic acids is 2. The fourth-order valence-corrected chi connectivity index (χ4v) is 2.76. The molecule has 25 heavy (non-hydrogen) atoms. The van der Waals surface area contributed by atoms with Gasteiger partial charge in [-0.3, -0.25) is 13.8 Å². The molecule has 0 aromatic carbocycles. The van der Waals surface area contributed by atoms with Gasteiger partial charge in [0.05, 0.1) is 6.10 Å². The van der Waals surface area contributed by atoms with Crippen molar-refractivity contribution in [1.82, 2.24) is 0 Å². The Bertz CT molecular complexity index is 603. The van der Waals surface area contributed by atoms with Gasteiger partial charge in [0.2, 0.25) is 0 Å². The summed E-state index contributed by atoms with van der Waals surface area (Å²) in [6.45, 7) is 3.17. The van der Waals surface area contributed by atoms with Crippen molar-refractivity contribution in [3.8, 4) is 0 Å². The molecule has 0 radical (unpaired) electrons. The molecule has 1 fully saturated rings. The molecular weight excluding hydrogens is 377 g/mol. The summed E-state index contributed by atoms with van der Waals surface area (Å²) >= 11 is 0. The Kier molecular flexibility index (Phi) is 6.78. The van der Waals surface area contributed by atoms with Crippen LogP contribution in [0.1, 0.15) is 20.8 Å². The quantitative estimate of drug-likeness (QED) is 0.373. The Balaban J connectivity index is 3.32. The number of hydrogen-bond acceptors (Lipinski definition) is 9. The Morgan fingerprint density at radius 2 is 1.48 bits per heavy atom. The molecule has 1 heterocycles. The van der Waals surface area contributed by atoms with Crippen LogP contribution in [0.15, 0.2) is 0 Å². The van der Waals surface area contributed by atoms with Crippen LogP contribution in [0.3, 0.4) is 0 Å². The standard InChI is InChI=1S/C12H17F3O9S/c1-5-8(22-6(2)16)9(24-25(18,19)12(13,14)15)10(23-7(3)17)11(20-4)21-5/h5,8-11H,1-4H3/t5-,8-,9+,10+,11-/m0/s1. The SMILES string of the molecule is CO[C@H]1O[C@@H](C)[C@H](OC(C)=O)[C@@H](OS(=O)(=O)C(F)(F)F)[C@H]1OC(C)=O. The van der Waals surface area contributed by atoms with Gasteiger partial charge in [-0.25, -0.2) is 0 Å². The molecule has 0 spiro atoms. The number of methoxy groups -OCH3 is 1. The highest BCUT2D eigenvalue weighted by Gasteiger charge is 2.56. The van der Waals surface area contributed by atoms with Gasteiger partial charge in [0.1, 0.15) is 0 Å². The van der Waals surface area contributed by atoms with Crippen molar-refractivity contribution >= 4 is 22.1 Å². The number of hydrogen-bond donors (Lipinski definition) is 0. The van der Waals surface area contributed by atoms with Gasteiger partial charge in [0, 0.05) is 21.0 Å². The molecule has 13 heteroatoms. The van der Waals surface area contributed by atoms with Gasteiger partial charge in [0.25, 0.3) is 0 Å². The summed E-state index contributed by atoms with van der Waals surface area (Å²) in [6, 6.07) is 0. The summed E-state index contributed by atoms with van der Waals surface area (Å²) in [5.41, 5.74) is -5.74. The van der Waals surface area contributed by atoms with E-state index in [1.54, 1.807) is 0 Å². The smallest absolute Gasteiger partial charge is 0.457 e. The van der Waals surface area contributed by atoms with Gasteiger partial charge in [-0.15, -0.1) is 0 Å². The summed E-state index contributed by atoms with van der Waals surface area (Å²) < 4.78 is 84.6. The van der Waals surface area contributed by atoms with Crippen LogP contribution in [0.2, 0.25) is 0 Å². The van der Waals surface area contributed by atoms with Crippen LogP contribution in [-0.2, 0) is 42.8 Å².